The number of nitrogens with zero attached hydrogens (tertiary/aromatic N) is 1. The van der Waals surface area contributed by atoms with Crippen molar-refractivity contribution in [3.63, 3.8) is 0 Å². The van der Waals surface area contributed by atoms with Crippen molar-refractivity contribution in [2.45, 2.75) is 57.1 Å². The molecule has 0 radical (unpaired) electrons. The van der Waals surface area contributed by atoms with Crippen molar-refractivity contribution >= 4 is 0 Å². The van der Waals surface area contributed by atoms with E-state index in [2.05, 4.69) is 4.90 Å². The minimum atomic E-state index is -1.04. The highest BCUT2D eigenvalue weighted by Crippen LogP contribution is 2.25. The van der Waals surface area contributed by atoms with E-state index in [1.54, 1.807) is 19.1 Å². The Labute approximate surface area is 149 Å². The highest BCUT2D eigenvalue weighted by molar-refractivity contribution is 5.28. The minimum absolute atomic E-state index is 0.154. The van der Waals surface area contributed by atoms with Crippen LogP contribution < -0.4 is 4.74 Å². The van der Waals surface area contributed by atoms with Gasteiger partial charge in [-0.1, -0.05) is 25.7 Å². The van der Waals surface area contributed by atoms with Crippen LogP contribution in [0.1, 0.15) is 44.1 Å². The molecule has 0 aromatic heterocycles. The van der Waals surface area contributed by atoms with E-state index in [0.717, 1.165) is 6.54 Å². The lowest BCUT2D eigenvalue weighted by Gasteiger charge is -2.35. The predicted octanol–water partition coefficient (Wildman–Crippen LogP) is 3.30. The standard InChI is InChI=1S/C20H30FNO3/c1-16-12-18(8-9-19(16)21)25-15-20(23)13-22(10-11-24-14-20)17-6-4-2-3-5-7-17/h8-9,12,17,23H,2-7,10-11,13-15H2,1H3. The second-order valence-corrected chi connectivity index (χ2v) is 7.59. The molecule has 2 fully saturated rings. The van der Waals surface area contributed by atoms with Gasteiger partial charge in [0.1, 0.15) is 23.8 Å². The zero-order valence-corrected chi connectivity index (χ0v) is 15.2. The highest BCUT2D eigenvalue weighted by atomic mass is 19.1. The van der Waals surface area contributed by atoms with Crippen molar-refractivity contribution < 1.29 is 19.0 Å². The molecule has 25 heavy (non-hydrogen) atoms. The number of aliphatic hydroxyl groups is 1. The number of aryl methyl sites for hydroxylation is 1. The van der Waals surface area contributed by atoms with E-state index in [9.17, 15) is 9.50 Å². The van der Waals surface area contributed by atoms with Gasteiger partial charge in [0.2, 0.25) is 0 Å². The van der Waals surface area contributed by atoms with Crippen molar-refractivity contribution in [2.24, 2.45) is 0 Å². The molecule has 4 nitrogen and oxygen atoms in total. The molecule has 140 valence electrons. The van der Waals surface area contributed by atoms with Crippen LogP contribution in [-0.2, 0) is 4.74 Å². The fourth-order valence-corrected chi connectivity index (χ4v) is 3.89. The van der Waals surface area contributed by atoms with Crippen LogP contribution in [0.4, 0.5) is 4.39 Å². The average Bonchev–Trinajstić information content (AvgIpc) is 2.97. The first-order valence-electron chi connectivity index (χ1n) is 9.49. The third-order valence-corrected chi connectivity index (χ3v) is 5.37. The van der Waals surface area contributed by atoms with Crippen LogP contribution >= 0.6 is 0 Å². The second kappa shape index (κ2) is 8.47. The summed E-state index contributed by atoms with van der Waals surface area (Å²) in [6, 6.07) is 5.20. The summed E-state index contributed by atoms with van der Waals surface area (Å²) in [5.41, 5.74) is -0.493. The number of β-amino-alcohol motifs (C(OH)–C–C–N with tert-alkyl or cyclic N) is 1. The summed E-state index contributed by atoms with van der Waals surface area (Å²) < 4.78 is 24.8. The Morgan fingerprint density at radius 1 is 1.28 bits per heavy atom. The SMILES string of the molecule is Cc1cc(OCC2(O)COCCN(C3CCCCCC3)C2)ccc1F. The molecule has 1 N–H and O–H groups in total. The lowest BCUT2D eigenvalue weighted by atomic mass is 10.0. The first kappa shape index (κ1) is 18.6. The molecular weight excluding hydrogens is 321 g/mol. The van der Waals surface area contributed by atoms with Crippen LogP contribution in [0.3, 0.4) is 0 Å². The molecule has 1 unspecified atom stereocenters. The van der Waals surface area contributed by atoms with Gasteiger partial charge >= 0.3 is 0 Å². The smallest absolute Gasteiger partial charge is 0.134 e. The van der Waals surface area contributed by atoms with Gasteiger partial charge in [0, 0.05) is 19.1 Å². The molecule has 1 heterocycles. The number of hydrogen-bond donors (Lipinski definition) is 1. The monoisotopic (exact) mass is 351 g/mol. The molecule has 3 rings (SSSR count). The van der Waals surface area contributed by atoms with E-state index in [-0.39, 0.29) is 19.0 Å². The summed E-state index contributed by atoms with van der Waals surface area (Å²) >= 11 is 0. The third kappa shape index (κ3) is 5.16. The molecule has 1 saturated carbocycles. The van der Waals surface area contributed by atoms with E-state index < -0.39 is 5.60 Å². The van der Waals surface area contributed by atoms with Gasteiger partial charge in [-0.05, 0) is 43.5 Å². The third-order valence-electron chi connectivity index (χ3n) is 5.37. The Kier molecular flexibility index (Phi) is 6.31. The summed E-state index contributed by atoms with van der Waals surface area (Å²) in [7, 11) is 0. The number of hydrogen-bond acceptors (Lipinski definition) is 4. The lowest BCUT2D eigenvalue weighted by molar-refractivity contribution is -0.0675. The molecule has 0 amide bonds. The van der Waals surface area contributed by atoms with Gasteiger partial charge in [-0.3, -0.25) is 4.90 Å². The van der Waals surface area contributed by atoms with Gasteiger partial charge in [0.25, 0.3) is 0 Å². The van der Waals surface area contributed by atoms with E-state index in [0.29, 0.717) is 30.5 Å². The fraction of sp³-hybridized carbons (Fsp3) is 0.700. The van der Waals surface area contributed by atoms with Crippen LogP contribution in [0, 0.1) is 12.7 Å². The molecule has 1 saturated heterocycles. The molecule has 2 aliphatic rings. The highest BCUT2D eigenvalue weighted by Gasteiger charge is 2.36. The molecule has 5 heteroatoms. The predicted molar refractivity (Wildman–Crippen MR) is 95.5 cm³/mol. The molecule has 1 aliphatic heterocycles. The molecule has 1 aromatic carbocycles. The topological polar surface area (TPSA) is 41.9 Å². The van der Waals surface area contributed by atoms with Gasteiger partial charge in [-0.2, -0.15) is 0 Å². The van der Waals surface area contributed by atoms with Crippen LogP contribution in [-0.4, -0.2) is 54.6 Å². The normalized spacial score (nSPS) is 26.8. The van der Waals surface area contributed by atoms with Crippen molar-refractivity contribution in [1.29, 1.82) is 0 Å². The van der Waals surface area contributed by atoms with E-state index in [1.165, 1.54) is 44.6 Å². The van der Waals surface area contributed by atoms with Gasteiger partial charge in [-0.15, -0.1) is 0 Å². The van der Waals surface area contributed by atoms with Crippen LogP contribution in [0.15, 0.2) is 18.2 Å². The maximum Gasteiger partial charge on any atom is 0.134 e. The number of ether oxygens (including phenoxy) is 2. The number of benzene rings is 1. The van der Waals surface area contributed by atoms with Gasteiger partial charge in [-0.25, -0.2) is 4.39 Å². The van der Waals surface area contributed by atoms with Crippen molar-refractivity contribution in [2.75, 3.05) is 32.9 Å². The first-order chi connectivity index (χ1) is 12.1. The summed E-state index contributed by atoms with van der Waals surface area (Å²) in [4.78, 5) is 2.39. The van der Waals surface area contributed by atoms with Crippen molar-refractivity contribution in [3.8, 4) is 5.75 Å². The van der Waals surface area contributed by atoms with E-state index in [1.807, 2.05) is 0 Å². The van der Waals surface area contributed by atoms with Crippen LogP contribution in [0.25, 0.3) is 0 Å². The Morgan fingerprint density at radius 2 is 2.04 bits per heavy atom. The molecule has 1 aromatic rings. The quantitative estimate of drug-likeness (QED) is 0.845. The molecule has 0 bridgehead atoms. The second-order valence-electron chi connectivity index (χ2n) is 7.59. The molecule has 0 spiro atoms. The van der Waals surface area contributed by atoms with Crippen LogP contribution in [0.2, 0.25) is 0 Å². The largest absolute Gasteiger partial charge is 0.490 e. The minimum Gasteiger partial charge on any atom is -0.490 e. The Morgan fingerprint density at radius 3 is 2.76 bits per heavy atom. The van der Waals surface area contributed by atoms with Gasteiger partial charge in [0.05, 0.1) is 13.2 Å². The Bertz CT molecular complexity index is 560. The van der Waals surface area contributed by atoms with Crippen LogP contribution in [0.5, 0.6) is 5.75 Å². The fourth-order valence-electron chi connectivity index (χ4n) is 3.89. The maximum absolute atomic E-state index is 13.4. The van der Waals surface area contributed by atoms with Crippen molar-refractivity contribution in [1.82, 2.24) is 4.90 Å². The van der Waals surface area contributed by atoms with E-state index in [4.69, 9.17) is 9.47 Å². The van der Waals surface area contributed by atoms with Gasteiger partial charge < -0.3 is 14.6 Å². The summed E-state index contributed by atoms with van der Waals surface area (Å²) in [5.74, 6) is 0.334. The lowest BCUT2D eigenvalue weighted by Crippen LogP contribution is -2.51. The first-order valence-corrected chi connectivity index (χ1v) is 9.49. The molecule has 1 atom stereocenters. The van der Waals surface area contributed by atoms with Gasteiger partial charge in [0.15, 0.2) is 0 Å². The average molecular weight is 351 g/mol. The number of rotatable bonds is 4. The Balaban J connectivity index is 1.62. The zero-order valence-electron chi connectivity index (χ0n) is 15.2. The molecular formula is C20H30FNO3. The van der Waals surface area contributed by atoms with Crippen molar-refractivity contribution in [3.05, 3.63) is 29.6 Å². The molecule has 1 aliphatic carbocycles. The zero-order chi connectivity index (χ0) is 17.7. The maximum atomic E-state index is 13.4. The summed E-state index contributed by atoms with van der Waals surface area (Å²) in [5, 5.41) is 11.0. The number of halogens is 1. The summed E-state index contributed by atoms with van der Waals surface area (Å²) in [6.07, 6.45) is 7.58. The summed E-state index contributed by atoms with van der Waals surface area (Å²) in [6.45, 7) is 4.21. The Hall–Kier alpha value is -1.17. The van der Waals surface area contributed by atoms with E-state index >= 15 is 0 Å².